The molecule has 4 heteroatoms. The van der Waals surface area contributed by atoms with Crippen LogP contribution in [0.5, 0.6) is 11.5 Å². The fourth-order valence-corrected chi connectivity index (χ4v) is 3.13. The number of benzene rings is 1. The van der Waals surface area contributed by atoms with Gasteiger partial charge in [0, 0.05) is 16.5 Å². The molecular formula is C13H18BrNO2. The van der Waals surface area contributed by atoms with Crippen LogP contribution in [-0.2, 0) is 6.42 Å². The SMILES string of the molecule is COc1cc(C(C)CCN)c(Br)c2c1OCC2. The fourth-order valence-electron chi connectivity index (χ4n) is 2.25. The molecule has 0 radical (unpaired) electrons. The predicted octanol–water partition coefficient (Wildman–Crippen LogP) is 2.84. The maximum atomic E-state index is 5.63. The summed E-state index contributed by atoms with van der Waals surface area (Å²) in [5.41, 5.74) is 8.11. The molecule has 17 heavy (non-hydrogen) atoms. The number of hydrogen-bond donors (Lipinski definition) is 1. The van der Waals surface area contributed by atoms with E-state index in [0.717, 1.165) is 35.4 Å². The number of ether oxygens (including phenoxy) is 2. The summed E-state index contributed by atoms with van der Waals surface area (Å²) in [6.07, 6.45) is 1.91. The lowest BCUT2D eigenvalue weighted by Gasteiger charge is -2.17. The molecule has 2 N–H and O–H groups in total. The lowest BCUT2D eigenvalue weighted by atomic mass is 9.95. The van der Waals surface area contributed by atoms with Crippen molar-refractivity contribution in [1.82, 2.24) is 0 Å². The molecule has 1 unspecified atom stereocenters. The van der Waals surface area contributed by atoms with E-state index in [4.69, 9.17) is 15.2 Å². The molecule has 0 spiro atoms. The molecule has 2 rings (SSSR count). The van der Waals surface area contributed by atoms with E-state index in [9.17, 15) is 0 Å². The Balaban J connectivity index is 2.46. The van der Waals surface area contributed by atoms with Crippen molar-refractivity contribution in [2.45, 2.75) is 25.7 Å². The molecule has 0 bridgehead atoms. The van der Waals surface area contributed by atoms with Crippen molar-refractivity contribution in [1.29, 1.82) is 0 Å². The predicted molar refractivity (Wildman–Crippen MR) is 72.0 cm³/mol. The summed E-state index contributed by atoms with van der Waals surface area (Å²) < 4.78 is 12.2. The van der Waals surface area contributed by atoms with Gasteiger partial charge in [0.05, 0.1) is 13.7 Å². The third-order valence-corrected chi connectivity index (χ3v) is 4.19. The van der Waals surface area contributed by atoms with Gasteiger partial charge in [-0.05, 0) is 30.5 Å². The van der Waals surface area contributed by atoms with Crippen molar-refractivity contribution in [3.63, 3.8) is 0 Å². The van der Waals surface area contributed by atoms with E-state index in [1.165, 1.54) is 11.1 Å². The van der Waals surface area contributed by atoms with E-state index >= 15 is 0 Å². The Hall–Kier alpha value is -0.740. The Bertz CT molecular complexity index is 420. The summed E-state index contributed by atoms with van der Waals surface area (Å²) in [5, 5.41) is 0. The van der Waals surface area contributed by atoms with Crippen molar-refractivity contribution in [2.75, 3.05) is 20.3 Å². The molecule has 1 aromatic carbocycles. The molecular weight excluding hydrogens is 282 g/mol. The summed E-state index contributed by atoms with van der Waals surface area (Å²) >= 11 is 3.69. The highest BCUT2D eigenvalue weighted by Crippen LogP contribution is 2.44. The zero-order valence-electron chi connectivity index (χ0n) is 10.3. The first-order valence-electron chi connectivity index (χ1n) is 5.91. The fraction of sp³-hybridized carbons (Fsp3) is 0.538. The number of fused-ring (bicyclic) bond motifs is 1. The van der Waals surface area contributed by atoms with E-state index in [0.29, 0.717) is 12.5 Å². The molecule has 1 aromatic rings. The van der Waals surface area contributed by atoms with Gasteiger partial charge in [-0.1, -0.05) is 22.9 Å². The molecule has 0 fully saturated rings. The third kappa shape index (κ3) is 2.29. The van der Waals surface area contributed by atoms with E-state index in [1.54, 1.807) is 7.11 Å². The molecule has 1 atom stereocenters. The van der Waals surface area contributed by atoms with Gasteiger partial charge < -0.3 is 15.2 Å². The van der Waals surface area contributed by atoms with Crippen molar-refractivity contribution in [3.8, 4) is 11.5 Å². The smallest absolute Gasteiger partial charge is 0.165 e. The Labute approximate surface area is 110 Å². The van der Waals surface area contributed by atoms with E-state index in [2.05, 4.69) is 28.9 Å². The topological polar surface area (TPSA) is 44.5 Å². The van der Waals surface area contributed by atoms with Crippen molar-refractivity contribution >= 4 is 15.9 Å². The Morgan fingerprint density at radius 1 is 1.59 bits per heavy atom. The van der Waals surface area contributed by atoms with Gasteiger partial charge in [-0.3, -0.25) is 0 Å². The Kier molecular flexibility index (Phi) is 3.94. The van der Waals surface area contributed by atoms with Crippen LogP contribution in [0.1, 0.15) is 30.4 Å². The van der Waals surface area contributed by atoms with Gasteiger partial charge >= 0.3 is 0 Å². The van der Waals surface area contributed by atoms with Crippen LogP contribution in [-0.4, -0.2) is 20.3 Å². The van der Waals surface area contributed by atoms with Crippen molar-refractivity contribution in [3.05, 3.63) is 21.7 Å². The molecule has 0 aromatic heterocycles. The summed E-state index contributed by atoms with van der Waals surface area (Å²) in [5.74, 6) is 2.15. The molecule has 3 nitrogen and oxygen atoms in total. The summed E-state index contributed by atoms with van der Waals surface area (Å²) in [6, 6.07) is 2.06. The highest BCUT2D eigenvalue weighted by molar-refractivity contribution is 9.10. The van der Waals surface area contributed by atoms with Gasteiger partial charge in [-0.25, -0.2) is 0 Å². The van der Waals surface area contributed by atoms with Gasteiger partial charge in [0.2, 0.25) is 0 Å². The van der Waals surface area contributed by atoms with Gasteiger partial charge in [-0.15, -0.1) is 0 Å². The minimum absolute atomic E-state index is 0.425. The summed E-state index contributed by atoms with van der Waals surface area (Å²) in [6.45, 7) is 3.62. The van der Waals surface area contributed by atoms with Gasteiger partial charge in [0.15, 0.2) is 11.5 Å². The van der Waals surface area contributed by atoms with E-state index in [1.807, 2.05) is 0 Å². The minimum Gasteiger partial charge on any atom is -0.493 e. The Morgan fingerprint density at radius 3 is 3.00 bits per heavy atom. The summed E-state index contributed by atoms with van der Waals surface area (Å²) in [7, 11) is 1.68. The number of methoxy groups -OCH3 is 1. The van der Waals surface area contributed by atoms with Crippen molar-refractivity contribution in [2.24, 2.45) is 5.73 Å². The van der Waals surface area contributed by atoms with E-state index in [-0.39, 0.29) is 0 Å². The Morgan fingerprint density at radius 2 is 2.35 bits per heavy atom. The normalized spacial score (nSPS) is 15.3. The number of rotatable bonds is 4. The molecule has 94 valence electrons. The molecule has 1 aliphatic heterocycles. The zero-order chi connectivity index (χ0) is 12.4. The lowest BCUT2D eigenvalue weighted by Crippen LogP contribution is -2.06. The molecule has 0 aliphatic carbocycles. The average molecular weight is 300 g/mol. The van der Waals surface area contributed by atoms with Crippen LogP contribution in [0.2, 0.25) is 0 Å². The lowest BCUT2D eigenvalue weighted by molar-refractivity contribution is 0.326. The zero-order valence-corrected chi connectivity index (χ0v) is 11.8. The van der Waals surface area contributed by atoms with Crippen LogP contribution in [0.15, 0.2) is 10.5 Å². The molecule has 0 amide bonds. The minimum atomic E-state index is 0.425. The summed E-state index contributed by atoms with van der Waals surface area (Å²) in [4.78, 5) is 0. The van der Waals surface area contributed by atoms with Crippen LogP contribution in [0, 0.1) is 0 Å². The average Bonchev–Trinajstić information content (AvgIpc) is 2.79. The molecule has 1 heterocycles. The third-order valence-electron chi connectivity index (χ3n) is 3.25. The van der Waals surface area contributed by atoms with Crippen LogP contribution >= 0.6 is 15.9 Å². The van der Waals surface area contributed by atoms with Crippen LogP contribution in [0.25, 0.3) is 0 Å². The van der Waals surface area contributed by atoms with Gasteiger partial charge in [0.1, 0.15) is 0 Å². The standard InChI is InChI=1S/C13H18BrNO2/c1-8(3-5-15)10-7-11(16-2)13-9(12(10)14)4-6-17-13/h7-8H,3-6,15H2,1-2H3. The first kappa shape index (κ1) is 12.7. The largest absolute Gasteiger partial charge is 0.493 e. The first-order valence-corrected chi connectivity index (χ1v) is 6.70. The second kappa shape index (κ2) is 5.27. The van der Waals surface area contributed by atoms with Crippen LogP contribution in [0.3, 0.4) is 0 Å². The monoisotopic (exact) mass is 299 g/mol. The highest BCUT2D eigenvalue weighted by Gasteiger charge is 2.24. The maximum Gasteiger partial charge on any atom is 0.165 e. The molecule has 0 saturated heterocycles. The maximum absolute atomic E-state index is 5.63. The second-order valence-electron chi connectivity index (χ2n) is 4.37. The molecule has 1 aliphatic rings. The van der Waals surface area contributed by atoms with Crippen LogP contribution in [0.4, 0.5) is 0 Å². The number of nitrogens with two attached hydrogens (primary N) is 1. The molecule has 0 saturated carbocycles. The first-order chi connectivity index (χ1) is 8.19. The quantitative estimate of drug-likeness (QED) is 0.930. The van der Waals surface area contributed by atoms with Crippen molar-refractivity contribution < 1.29 is 9.47 Å². The van der Waals surface area contributed by atoms with Crippen LogP contribution < -0.4 is 15.2 Å². The highest BCUT2D eigenvalue weighted by atomic mass is 79.9. The van der Waals surface area contributed by atoms with Gasteiger partial charge in [-0.2, -0.15) is 0 Å². The number of halogens is 1. The number of hydrogen-bond acceptors (Lipinski definition) is 3. The van der Waals surface area contributed by atoms with Gasteiger partial charge in [0.25, 0.3) is 0 Å². The van der Waals surface area contributed by atoms with E-state index < -0.39 is 0 Å². The second-order valence-corrected chi connectivity index (χ2v) is 5.16.